The maximum Gasteiger partial charge on any atom is 0.264 e. The fraction of sp³-hybridized carbons (Fsp3) is 0.355. The second-order valence-electron chi connectivity index (χ2n) is 9.97. The van der Waals surface area contributed by atoms with Gasteiger partial charge in [0.15, 0.2) is 0 Å². The number of anilines is 1. The van der Waals surface area contributed by atoms with Crippen molar-refractivity contribution in [2.45, 2.75) is 71.0 Å². The van der Waals surface area contributed by atoms with Crippen LogP contribution in [0.25, 0.3) is 0 Å². The third kappa shape index (κ3) is 7.43. The third-order valence-corrected chi connectivity index (χ3v) is 9.10. The minimum absolute atomic E-state index is 0.0527. The first-order valence-corrected chi connectivity index (χ1v) is 15.3. The summed E-state index contributed by atoms with van der Waals surface area (Å²) < 4.78 is 29.1. The molecule has 3 rings (SSSR count). The van der Waals surface area contributed by atoms with E-state index in [4.69, 9.17) is 11.6 Å². The van der Waals surface area contributed by atoms with Gasteiger partial charge in [0, 0.05) is 17.6 Å². The molecule has 0 aliphatic heterocycles. The molecule has 0 heterocycles. The average molecular weight is 584 g/mol. The zero-order chi connectivity index (χ0) is 29.4. The zero-order valence-corrected chi connectivity index (χ0v) is 25.3. The number of benzene rings is 3. The van der Waals surface area contributed by atoms with Crippen molar-refractivity contribution in [3.8, 4) is 0 Å². The molecule has 0 aromatic heterocycles. The van der Waals surface area contributed by atoms with Crippen molar-refractivity contribution in [2.75, 3.05) is 10.8 Å². The number of carbonyl (C=O) groups is 2. The Hall–Kier alpha value is -3.36. The van der Waals surface area contributed by atoms with Crippen molar-refractivity contribution >= 4 is 39.1 Å². The lowest BCUT2D eigenvalue weighted by atomic mass is 10.1. The molecule has 3 aromatic carbocycles. The lowest BCUT2D eigenvalue weighted by molar-refractivity contribution is -0.140. The van der Waals surface area contributed by atoms with Crippen LogP contribution in [0, 0.1) is 13.8 Å². The normalized spacial score (nSPS) is 12.8. The Morgan fingerprint density at radius 1 is 0.900 bits per heavy atom. The molecule has 2 amide bonds. The highest BCUT2D eigenvalue weighted by molar-refractivity contribution is 7.92. The molecule has 7 nitrogen and oxygen atoms in total. The number of aryl methyl sites for hydroxylation is 2. The summed E-state index contributed by atoms with van der Waals surface area (Å²) >= 11 is 6.45. The molecule has 0 fully saturated rings. The van der Waals surface area contributed by atoms with Gasteiger partial charge >= 0.3 is 0 Å². The fourth-order valence-corrected chi connectivity index (χ4v) is 6.04. The van der Waals surface area contributed by atoms with Gasteiger partial charge in [-0.15, -0.1) is 0 Å². The molecule has 1 N–H and O–H groups in total. The number of nitrogens with one attached hydrogen (secondary N) is 1. The first kappa shape index (κ1) is 31.2. The van der Waals surface area contributed by atoms with Crippen LogP contribution in [0.5, 0.6) is 0 Å². The molecule has 0 bridgehead atoms. The third-order valence-electron chi connectivity index (χ3n) is 6.96. The van der Waals surface area contributed by atoms with Gasteiger partial charge in [-0.3, -0.25) is 13.9 Å². The summed E-state index contributed by atoms with van der Waals surface area (Å²) in [6.45, 7) is 8.94. The highest BCUT2D eigenvalue weighted by Gasteiger charge is 2.34. The quantitative estimate of drug-likeness (QED) is 0.289. The second kappa shape index (κ2) is 13.8. The van der Waals surface area contributed by atoms with Gasteiger partial charge in [-0.2, -0.15) is 0 Å². The Balaban J connectivity index is 2.08. The van der Waals surface area contributed by atoms with Crippen LogP contribution in [0.4, 0.5) is 5.69 Å². The second-order valence-corrected chi connectivity index (χ2v) is 12.2. The van der Waals surface area contributed by atoms with E-state index in [1.807, 2.05) is 39.8 Å². The van der Waals surface area contributed by atoms with Crippen LogP contribution in [-0.4, -0.2) is 43.8 Å². The smallest absolute Gasteiger partial charge is 0.264 e. The minimum Gasteiger partial charge on any atom is -0.352 e. The van der Waals surface area contributed by atoms with E-state index in [2.05, 4.69) is 5.32 Å². The van der Waals surface area contributed by atoms with Gasteiger partial charge in [-0.05, 0) is 69.0 Å². The van der Waals surface area contributed by atoms with Crippen molar-refractivity contribution < 1.29 is 18.0 Å². The average Bonchev–Trinajstić information content (AvgIpc) is 2.93. The van der Waals surface area contributed by atoms with E-state index in [1.165, 1.54) is 17.0 Å². The highest BCUT2D eigenvalue weighted by Crippen LogP contribution is 2.28. The Morgan fingerprint density at radius 2 is 1.52 bits per heavy atom. The lowest BCUT2D eigenvalue weighted by Gasteiger charge is -2.34. The molecule has 0 spiro atoms. The molecule has 40 heavy (non-hydrogen) atoms. The number of para-hydroxylation sites is 1. The van der Waals surface area contributed by atoms with Gasteiger partial charge < -0.3 is 10.2 Å². The van der Waals surface area contributed by atoms with E-state index in [1.54, 1.807) is 55.5 Å². The molecule has 3 aromatic rings. The summed E-state index contributed by atoms with van der Waals surface area (Å²) in [6, 6.07) is 19.8. The van der Waals surface area contributed by atoms with Crippen LogP contribution in [0.2, 0.25) is 5.02 Å². The van der Waals surface area contributed by atoms with Crippen LogP contribution >= 0.6 is 11.6 Å². The number of hydrogen-bond donors (Lipinski definition) is 1. The molecule has 0 saturated carbocycles. The SMILES string of the molecule is CC[C@H](C(=O)N[C@@H](C)CC)N(Cc1ccccc1Cl)C(=O)CN(c1ccccc1C)S(=O)(=O)c1ccc(C)cc1. The van der Waals surface area contributed by atoms with E-state index in [-0.39, 0.29) is 23.4 Å². The summed E-state index contributed by atoms with van der Waals surface area (Å²) in [5.41, 5.74) is 2.68. The zero-order valence-electron chi connectivity index (χ0n) is 23.7. The van der Waals surface area contributed by atoms with Crippen molar-refractivity contribution in [1.82, 2.24) is 10.2 Å². The van der Waals surface area contributed by atoms with Crippen molar-refractivity contribution in [3.05, 3.63) is 94.5 Å². The van der Waals surface area contributed by atoms with Gasteiger partial charge in [-0.1, -0.05) is 79.5 Å². The van der Waals surface area contributed by atoms with Crippen molar-refractivity contribution in [1.29, 1.82) is 0 Å². The molecule has 0 aliphatic carbocycles. The lowest BCUT2D eigenvalue weighted by Crippen LogP contribution is -2.53. The van der Waals surface area contributed by atoms with Crippen molar-refractivity contribution in [2.24, 2.45) is 0 Å². The fourth-order valence-electron chi connectivity index (χ4n) is 4.36. The monoisotopic (exact) mass is 583 g/mol. The summed E-state index contributed by atoms with van der Waals surface area (Å²) in [5, 5.41) is 3.43. The number of amides is 2. The Bertz CT molecular complexity index is 1430. The summed E-state index contributed by atoms with van der Waals surface area (Å²) in [4.78, 5) is 29.0. The maximum atomic E-state index is 14.1. The first-order chi connectivity index (χ1) is 19.0. The van der Waals surface area contributed by atoms with E-state index < -0.39 is 28.5 Å². The van der Waals surface area contributed by atoms with E-state index >= 15 is 0 Å². The standard InChI is InChI=1S/C31H38ClN3O4S/c1-6-24(5)33-31(37)28(7-2)34(20-25-13-9-10-14-27(25)32)30(36)21-35(29-15-11-8-12-23(29)4)40(38,39)26-18-16-22(3)17-19-26/h8-19,24,28H,6-7,20-21H2,1-5H3,(H,33,37)/t24-,28+/m0/s1. The van der Waals surface area contributed by atoms with Gasteiger partial charge in [-0.25, -0.2) is 8.42 Å². The summed E-state index contributed by atoms with van der Waals surface area (Å²) in [6.07, 6.45) is 1.07. The van der Waals surface area contributed by atoms with Gasteiger partial charge in [0.1, 0.15) is 12.6 Å². The Labute approximate surface area is 243 Å². The largest absolute Gasteiger partial charge is 0.352 e. The molecule has 0 radical (unpaired) electrons. The van der Waals surface area contributed by atoms with E-state index in [9.17, 15) is 18.0 Å². The first-order valence-electron chi connectivity index (χ1n) is 13.5. The predicted octanol–water partition coefficient (Wildman–Crippen LogP) is 5.87. The van der Waals surface area contributed by atoms with E-state index in [0.29, 0.717) is 28.3 Å². The number of halogens is 1. The predicted molar refractivity (Wildman–Crippen MR) is 161 cm³/mol. The van der Waals surface area contributed by atoms with Crippen LogP contribution in [0.3, 0.4) is 0 Å². The number of rotatable bonds is 12. The number of carbonyl (C=O) groups excluding carboxylic acids is 2. The van der Waals surface area contributed by atoms with Crippen molar-refractivity contribution in [3.63, 3.8) is 0 Å². The van der Waals surface area contributed by atoms with Crippen LogP contribution in [0.15, 0.2) is 77.7 Å². The van der Waals surface area contributed by atoms with E-state index in [0.717, 1.165) is 16.3 Å². The minimum atomic E-state index is -4.12. The maximum absolute atomic E-state index is 14.1. The molecule has 2 atom stereocenters. The van der Waals surface area contributed by atoms with Crippen LogP contribution < -0.4 is 9.62 Å². The topological polar surface area (TPSA) is 86.8 Å². The molecule has 0 saturated heterocycles. The van der Waals surface area contributed by atoms with Gasteiger partial charge in [0.25, 0.3) is 10.0 Å². The summed E-state index contributed by atoms with van der Waals surface area (Å²) in [7, 11) is -4.12. The molecular weight excluding hydrogens is 546 g/mol. The Kier molecular flexibility index (Phi) is 10.8. The van der Waals surface area contributed by atoms with Gasteiger partial charge in [0.05, 0.1) is 10.6 Å². The molecule has 0 unspecified atom stereocenters. The molecule has 0 aliphatic rings. The number of hydrogen-bond acceptors (Lipinski definition) is 4. The highest BCUT2D eigenvalue weighted by atomic mass is 35.5. The van der Waals surface area contributed by atoms with Gasteiger partial charge in [0.2, 0.25) is 11.8 Å². The number of sulfonamides is 1. The molecule has 9 heteroatoms. The number of nitrogens with zero attached hydrogens (tertiary/aromatic N) is 2. The van der Waals surface area contributed by atoms with Crippen LogP contribution in [-0.2, 0) is 26.2 Å². The van der Waals surface area contributed by atoms with Crippen LogP contribution in [0.1, 0.15) is 50.3 Å². The Morgan fingerprint density at radius 3 is 2.12 bits per heavy atom. The molecular formula is C31H38ClN3O4S. The molecule has 214 valence electrons. The summed E-state index contributed by atoms with van der Waals surface area (Å²) in [5.74, 6) is -0.800.